The number of likely N-dealkylation sites (N-methyl/N-ethyl adjacent to an activating group) is 1. The van der Waals surface area contributed by atoms with E-state index in [0.717, 1.165) is 42.0 Å². The zero-order chi connectivity index (χ0) is 20.7. The third-order valence-corrected chi connectivity index (χ3v) is 6.28. The second-order valence-corrected chi connectivity index (χ2v) is 8.08. The summed E-state index contributed by atoms with van der Waals surface area (Å²) in [6, 6.07) is 10.3. The molecule has 0 unspecified atom stereocenters. The number of rotatable bonds is 4. The van der Waals surface area contributed by atoms with Crippen LogP contribution in [-0.4, -0.2) is 44.6 Å². The van der Waals surface area contributed by atoms with Gasteiger partial charge in [-0.3, -0.25) is 9.36 Å². The minimum atomic E-state index is -0.170. The molecular weight excluding hydrogens is 376 g/mol. The van der Waals surface area contributed by atoms with E-state index in [4.69, 9.17) is 4.98 Å². The molecule has 0 saturated heterocycles. The quantitative estimate of drug-likeness (QED) is 0.663. The standard InChI is InChI=1S/C23H26N6O/c1-3-19-22(30)27(2)20-13-24-23(26-21(20)29(19)17-11-7-8-12-17)28-14-18(25-15-28)16-9-5-4-6-10-16/h4-6,9-10,13-15,17,19H,3,7-8,11-12H2,1-2H3/t19-/m1/s1. The van der Waals surface area contributed by atoms with Crippen molar-refractivity contribution in [2.24, 2.45) is 0 Å². The number of hydrogen-bond acceptors (Lipinski definition) is 5. The molecule has 0 N–H and O–H groups in total. The lowest BCUT2D eigenvalue weighted by atomic mass is 10.0. The molecule has 7 heteroatoms. The number of anilines is 2. The molecule has 30 heavy (non-hydrogen) atoms. The van der Waals surface area contributed by atoms with Gasteiger partial charge in [-0.15, -0.1) is 0 Å². The lowest BCUT2D eigenvalue weighted by molar-refractivity contribution is -0.120. The smallest absolute Gasteiger partial charge is 0.249 e. The molecule has 154 valence electrons. The highest BCUT2D eigenvalue weighted by molar-refractivity contribution is 6.04. The Kier molecular flexibility index (Phi) is 4.73. The lowest BCUT2D eigenvalue weighted by Crippen LogP contribution is -2.55. The summed E-state index contributed by atoms with van der Waals surface area (Å²) in [6.07, 6.45) is 10.9. The predicted octanol–water partition coefficient (Wildman–Crippen LogP) is 3.83. The maximum atomic E-state index is 13.0. The molecule has 1 fully saturated rings. The van der Waals surface area contributed by atoms with Gasteiger partial charge < -0.3 is 9.80 Å². The fourth-order valence-corrected chi connectivity index (χ4v) is 4.69. The maximum absolute atomic E-state index is 13.0. The summed E-state index contributed by atoms with van der Waals surface area (Å²) >= 11 is 0. The fourth-order valence-electron chi connectivity index (χ4n) is 4.69. The molecule has 0 bridgehead atoms. The molecule has 1 amide bonds. The fraction of sp³-hybridized carbons (Fsp3) is 0.391. The molecule has 5 rings (SSSR count). The maximum Gasteiger partial charge on any atom is 0.249 e. The number of benzene rings is 1. The third-order valence-electron chi connectivity index (χ3n) is 6.28. The monoisotopic (exact) mass is 402 g/mol. The zero-order valence-electron chi connectivity index (χ0n) is 17.4. The molecule has 1 saturated carbocycles. The minimum Gasteiger partial charge on any atom is -0.340 e. The molecular formula is C23H26N6O. The first kappa shape index (κ1) is 18.8. The Bertz CT molecular complexity index is 1060. The van der Waals surface area contributed by atoms with Gasteiger partial charge >= 0.3 is 0 Å². The molecule has 1 aromatic carbocycles. The predicted molar refractivity (Wildman–Crippen MR) is 117 cm³/mol. The van der Waals surface area contributed by atoms with Crippen molar-refractivity contribution in [1.29, 1.82) is 0 Å². The second kappa shape index (κ2) is 7.55. The summed E-state index contributed by atoms with van der Waals surface area (Å²) < 4.78 is 1.85. The number of carbonyl (C=O) groups excluding carboxylic acids is 1. The molecule has 0 spiro atoms. The van der Waals surface area contributed by atoms with Crippen LogP contribution in [0.15, 0.2) is 49.1 Å². The first-order valence-electron chi connectivity index (χ1n) is 10.7. The van der Waals surface area contributed by atoms with E-state index in [2.05, 4.69) is 21.8 Å². The van der Waals surface area contributed by atoms with Gasteiger partial charge in [0.15, 0.2) is 5.82 Å². The minimum absolute atomic E-state index is 0.127. The van der Waals surface area contributed by atoms with Crippen molar-refractivity contribution in [2.45, 2.75) is 51.1 Å². The Morgan fingerprint density at radius 2 is 1.87 bits per heavy atom. The number of nitrogens with zero attached hydrogens (tertiary/aromatic N) is 6. The van der Waals surface area contributed by atoms with Gasteiger partial charge in [-0.1, -0.05) is 50.1 Å². The summed E-state index contributed by atoms with van der Waals surface area (Å²) in [5.74, 6) is 1.56. The van der Waals surface area contributed by atoms with Crippen LogP contribution in [0.2, 0.25) is 0 Å². The number of carbonyl (C=O) groups is 1. The van der Waals surface area contributed by atoms with Crippen molar-refractivity contribution in [3.63, 3.8) is 0 Å². The lowest BCUT2D eigenvalue weighted by Gasteiger charge is -2.43. The molecule has 2 aliphatic rings. The Labute approximate surface area is 176 Å². The summed E-state index contributed by atoms with van der Waals surface area (Å²) in [7, 11) is 1.82. The van der Waals surface area contributed by atoms with Gasteiger partial charge in [0, 0.05) is 24.8 Å². The van der Waals surface area contributed by atoms with E-state index in [9.17, 15) is 4.79 Å². The molecule has 0 radical (unpaired) electrons. The average molecular weight is 403 g/mol. The van der Waals surface area contributed by atoms with Crippen LogP contribution in [0.4, 0.5) is 11.5 Å². The van der Waals surface area contributed by atoms with Crippen molar-refractivity contribution in [2.75, 3.05) is 16.8 Å². The second-order valence-electron chi connectivity index (χ2n) is 8.08. The number of imidazole rings is 1. The van der Waals surface area contributed by atoms with Crippen molar-refractivity contribution in [3.05, 3.63) is 49.1 Å². The van der Waals surface area contributed by atoms with E-state index >= 15 is 0 Å². The van der Waals surface area contributed by atoms with E-state index in [1.165, 1.54) is 12.8 Å². The van der Waals surface area contributed by atoms with Crippen LogP contribution in [0.1, 0.15) is 39.0 Å². The van der Waals surface area contributed by atoms with Gasteiger partial charge in [0.1, 0.15) is 18.1 Å². The summed E-state index contributed by atoms with van der Waals surface area (Å²) in [5, 5.41) is 0. The molecule has 1 aliphatic heterocycles. The van der Waals surface area contributed by atoms with Crippen LogP contribution in [0, 0.1) is 0 Å². The van der Waals surface area contributed by atoms with Crippen LogP contribution in [0.5, 0.6) is 0 Å². The van der Waals surface area contributed by atoms with Gasteiger partial charge in [0.25, 0.3) is 0 Å². The number of fused-ring (bicyclic) bond motifs is 1. The zero-order valence-corrected chi connectivity index (χ0v) is 17.4. The van der Waals surface area contributed by atoms with Gasteiger partial charge in [0.2, 0.25) is 11.9 Å². The van der Waals surface area contributed by atoms with E-state index in [-0.39, 0.29) is 11.9 Å². The molecule has 1 atom stereocenters. The summed E-state index contributed by atoms with van der Waals surface area (Å²) in [5.41, 5.74) is 2.71. The molecule has 3 heterocycles. The topological polar surface area (TPSA) is 67.2 Å². The number of hydrogen-bond donors (Lipinski definition) is 0. The van der Waals surface area contributed by atoms with Gasteiger partial charge in [0.05, 0.1) is 11.9 Å². The highest BCUT2D eigenvalue weighted by Crippen LogP contribution is 2.39. The van der Waals surface area contributed by atoms with Crippen molar-refractivity contribution >= 4 is 17.4 Å². The van der Waals surface area contributed by atoms with E-state index < -0.39 is 0 Å². The largest absolute Gasteiger partial charge is 0.340 e. The number of amides is 1. The van der Waals surface area contributed by atoms with Crippen LogP contribution >= 0.6 is 0 Å². The normalized spacial score (nSPS) is 19.4. The van der Waals surface area contributed by atoms with Gasteiger partial charge in [-0.05, 0) is 19.3 Å². The van der Waals surface area contributed by atoms with E-state index in [0.29, 0.717) is 12.0 Å². The highest BCUT2D eigenvalue weighted by atomic mass is 16.2. The molecule has 2 aromatic heterocycles. The van der Waals surface area contributed by atoms with Crippen LogP contribution < -0.4 is 9.80 Å². The Hall–Kier alpha value is -3.22. The average Bonchev–Trinajstić information content (AvgIpc) is 3.49. The third kappa shape index (κ3) is 3.05. The van der Waals surface area contributed by atoms with Gasteiger partial charge in [-0.25, -0.2) is 9.97 Å². The SMILES string of the molecule is CC[C@@H]1C(=O)N(C)c2cnc(-n3cnc(-c4ccccc4)c3)nc2N1C1CCCC1. The Balaban J connectivity index is 1.57. The Morgan fingerprint density at radius 1 is 1.10 bits per heavy atom. The number of aromatic nitrogens is 4. The van der Waals surface area contributed by atoms with E-state index in [1.54, 1.807) is 17.4 Å². The molecule has 3 aromatic rings. The molecule has 7 nitrogen and oxygen atoms in total. The van der Waals surface area contributed by atoms with Crippen LogP contribution in [-0.2, 0) is 4.79 Å². The Morgan fingerprint density at radius 3 is 2.60 bits per heavy atom. The van der Waals surface area contributed by atoms with E-state index in [1.807, 2.05) is 48.1 Å². The first-order valence-corrected chi connectivity index (χ1v) is 10.7. The summed E-state index contributed by atoms with van der Waals surface area (Å²) in [4.78, 5) is 31.0. The highest BCUT2D eigenvalue weighted by Gasteiger charge is 2.41. The van der Waals surface area contributed by atoms with Crippen molar-refractivity contribution in [3.8, 4) is 17.2 Å². The van der Waals surface area contributed by atoms with Crippen LogP contribution in [0.25, 0.3) is 17.2 Å². The molecule has 1 aliphatic carbocycles. The summed E-state index contributed by atoms with van der Waals surface area (Å²) in [6.45, 7) is 2.08. The van der Waals surface area contributed by atoms with Crippen LogP contribution in [0.3, 0.4) is 0 Å². The first-order chi connectivity index (χ1) is 14.7. The van der Waals surface area contributed by atoms with Gasteiger partial charge in [-0.2, -0.15) is 4.98 Å². The van der Waals surface area contributed by atoms with Crippen molar-refractivity contribution < 1.29 is 4.79 Å². The van der Waals surface area contributed by atoms with Crippen molar-refractivity contribution in [1.82, 2.24) is 19.5 Å².